The molecule has 0 unspecified atom stereocenters. The molecule has 0 saturated heterocycles. The molecule has 0 aliphatic carbocycles. The second kappa shape index (κ2) is 6.55. The van der Waals surface area contributed by atoms with E-state index in [1.807, 2.05) is 43.5 Å². The van der Waals surface area contributed by atoms with Crippen LogP contribution in [0.2, 0.25) is 0 Å². The molecular weight excluding hydrogens is 232 g/mol. The number of hydrogen-bond acceptors (Lipinski definition) is 2. The molecule has 0 radical (unpaired) electrons. The summed E-state index contributed by atoms with van der Waals surface area (Å²) in [5.74, 6) is 0. The van der Waals surface area contributed by atoms with Gasteiger partial charge in [-0.05, 0) is 37.1 Å². The van der Waals surface area contributed by atoms with Crippen molar-refractivity contribution < 1.29 is 0 Å². The average Bonchev–Trinajstić information content (AvgIpc) is 2.42. The van der Waals surface area contributed by atoms with Crippen molar-refractivity contribution in [2.75, 3.05) is 5.43 Å². The molecule has 0 amide bonds. The van der Waals surface area contributed by atoms with Gasteiger partial charge in [-0.25, -0.2) is 0 Å². The first-order valence-corrected chi connectivity index (χ1v) is 6.33. The molecule has 19 heavy (non-hydrogen) atoms. The molecule has 2 heteroatoms. The Bertz CT molecular complexity index is 566. The summed E-state index contributed by atoms with van der Waals surface area (Å²) in [6, 6.07) is 18.4. The molecule has 0 fully saturated rings. The van der Waals surface area contributed by atoms with Gasteiger partial charge in [0.15, 0.2) is 0 Å². The van der Waals surface area contributed by atoms with E-state index < -0.39 is 0 Å². The highest BCUT2D eigenvalue weighted by atomic mass is 15.3. The summed E-state index contributed by atoms with van der Waals surface area (Å²) in [5.41, 5.74) is 7.54. The third kappa shape index (κ3) is 4.43. The summed E-state index contributed by atoms with van der Waals surface area (Å²) in [4.78, 5) is 0. The number of anilines is 1. The lowest BCUT2D eigenvalue weighted by Crippen LogP contribution is -1.90. The van der Waals surface area contributed by atoms with Gasteiger partial charge in [-0.15, -0.1) is 0 Å². The Morgan fingerprint density at radius 2 is 1.68 bits per heavy atom. The average molecular weight is 250 g/mol. The van der Waals surface area contributed by atoms with Crippen LogP contribution in [0.4, 0.5) is 5.69 Å². The Morgan fingerprint density at radius 3 is 2.37 bits per heavy atom. The number of allylic oxidation sites excluding steroid dienone is 1. The summed E-state index contributed by atoms with van der Waals surface area (Å²) in [7, 11) is 0. The lowest BCUT2D eigenvalue weighted by molar-refractivity contribution is 1.33. The first-order chi connectivity index (χ1) is 9.24. The molecule has 2 aromatic rings. The molecule has 2 rings (SSSR count). The molecule has 0 aliphatic rings. The van der Waals surface area contributed by atoms with Crippen LogP contribution in [0, 0.1) is 6.92 Å². The standard InChI is InChI=1S/C17H18N2/c1-14-8-10-17(11-9-14)19-18-13-15(2)12-16-6-4-3-5-7-16/h3-13,19H,1-2H3/b15-12+,18-13?. The van der Waals surface area contributed by atoms with Crippen molar-refractivity contribution in [1.29, 1.82) is 0 Å². The van der Waals surface area contributed by atoms with E-state index in [1.165, 1.54) is 11.1 Å². The fourth-order valence-corrected chi connectivity index (χ4v) is 1.69. The van der Waals surface area contributed by atoms with Crippen LogP contribution in [0.3, 0.4) is 0 Å². The van der Waals surface area contributed by atoms with Crippen molar-refractivity contribution in [3.8, 4) is 0 Å². The van der Waals surface area contributed by atoms with Gasteiger partial charge in [0.1, 0.15) is 0 Å². The smallest absolute Gasteiger partial charge is 0.0561 e. The molecule has 1 N–H and O–H groups in total. The summed E-state index contributed by atoms with van der Waals surface area (Å²) in [6.45, 7) is 4.10. The van der Waals surface area contributed by atoms with E-state index in [2.05, 4.69) is 47.8 Å². The van der Waals surface area contributed by atoms with Crippen molar-refractivity contribution in [3.63, 3.8) is 0 Å². The van der Waals surface area contributed by atoms with Crippen molar-refractivity contribution in [3.05, 3.63) is 71.3 Å². The molecule has 96 valence electrons. The third-order valence-corrected chi connectivity index (χ3v) is 2.71. The van der Waals surface area contributed by atoms with Crippen LogP contribution >= 0.6 is 0 Å². The second-order valence-electron chi connectivity index (χ2n) is 4.54. The van der Waals surface area contributed by atoms with Crippen LogP contribution in [-0.4, -0.2) is 6.21 Å². The van der Waals surface area contributed by atoms with Crippen molar-refractivity contribution in [2.24, 2.45) is 5.10 Å². The van der Waals surface area contributed by atoms with E-state index in [0.717, 1.165) is 11.3 Å². The zero-order chi connectivity index (χ0) is 13.5. The third-order valence-electron chi connectivity index (χ3n) is 2.71. The molecule has 0 spiro atoms. The van der Waals surface area contributed by atoms with E-state index in [0.29, 0.717) is 0 Å². The van der Waals surface area contributed by atoms with Gasteiger partial charge >= 0.3 is 0 Å². The minimum absolute atomic E-state index is 0.995. The summed E-state index contributed by atoms with van der Waals surface area (Å²) >= 11 is 0. The predicted octanol–water partition coefficient (Wildman–Crippen LogP) is 4.50. The number of rotatable bonds is 4. The number of hydrogen-bond donors (Lipinski definition) is 1. The zero-order valence-electron chi connectivity index (χ0n) is 11.3. The van der Waals surface area contributed by atoms with E-state index in [4.69, 9.17) is 0 Å². The Balaban J connectivity index is 1.95. The van der Waals surface area contributed by atoms with E-state index in [9.17, 15) is 0 Å². The van der Waals surface area contributed by atoms with Gasteiger partial charge in [-0.1, -0.05) is 54.1 Å². The highest BCUT2D eigenvalue weighted by Crippen LogP contribution is 2.08. The minimum atomic E-state index is 0.995. The number of benzene rings is 2. The maximum absolute atomic E-state index is 4.22. The van der Waals surface area contributed by atoms with Crippen molar-refractivity contribution in [1.82, 2.24) is 0 Å². The van der Waals surface area contributed by atoms with Crippen LogP contribution in [0.15, 0.2) is 65.3 Å². The Labute approximate surface area is 114 Å². The highest BCUT2D eigenvalue weighted by molar-refractivity contribution is 5.85. The van der Waals surface area contributed by atoms with Crippen molar-refractivity contribution in [2.45, 2.75) is 13.8 Å². The minimum Gasteiger partial charge on any atom is -0.279 e. The van der Waals surface area contributed by atoms with Crippen LogP contribution in [0.25, 0.3) is 6.08 Å². The van der Waals surface area contributed by atoms with E-state index in [-0.39, 0.29) is 0 Å². The molecule has 2 nitrogen and oxygen atoms in total. The van der Waals surface area contributed by atoms with Crippen molar-refractivity contribution >= 4 is 18.0 Å². The van der Waals surface area contributed by atoms with Gasteiger partial charge in [0.05, 0.1) is 11.9 Å². The molecule has 0 saturated carbocycles. The quantitative estimate of drug-likeness (QED) is 0.627. The summed E-state index contributed by atoms with van der Waals surface area (Å²) in [6.07, 6.45) is 3.92. The highest BCUT2D eigenvalue weighted by Gasteiger charge is 1.89. The number of hydrazone groups is 1. The molecule has 0 bridgehead atoms. The SMILES string of the molecule is C/C(C=NNc1ccc(C)cc1)=C\c1ccccc1. The number of nitrogens with zero attached hydrogens (tertiary/aromatic N) is 1. The second-order valence-corrected chi connectivity index (χ2v) is 4.54. The maximum Gasteiger partial charge on any atom is 0.0561 e. The molecule has 2 aromatic carbocycles. The lowest BCUT2D eigenvalue weighted by atomic mass is 10.1. The molecule has 0 aromatic heterocycles. The Morgan fingerprint density at radius 1 is 1.00 bits per heavy atom. The first kappa shape index (κ1) is 13.1. The van der Waals surface area contributed by atoms with Gasteiger partial charge in [0.2, 0.25) is 0 Å². The number of nitrogens with one attached hydrogen (secondary N) is 1. The summed E-state index contributed by atoms with van der Waals surface area (Å²) < 4.78 is 0. The first-order valence-electron chi connectivity index (χ1n) is 6.33. The Hall–Kier alpha value is -2.35. The normalized spacial score (nSPS) is 11.8. The fraction of sp³-hybridized carbons (Fsp3) is 0.118. The fourth-order valence-electron chi connectivity index (χ4n) is 1.69. The van der Waals surface area contributed by atoms with Gasteiger partial charge < -0.3 is 0 Å². The van der Waals surface area contributed by atoms with Gasteiger partial charge in [0.25, 0.3) is 0 Å². The summed E-state index contributed by atoms with van der Waals surface area (Å²) in [5, 5.41) is 4.22. The van der Waals surface area contributed by atoms with Crippen LogP contribution in [0.1, 0.15) is 18.1 Å². The molecule has 0 atom stereocenters. The van der Waals surface area contributed by atoms with Gasteiger partial charge in [-0.3, -0.25) is 5.43 Å². The van der Waals surface area contributed by atoms with Crippen LogP contribution in [0.5, 0.6) is 0 Å². The lowest BCUT2D eigenvalue weighted by Gasteiger charge is -2.00. The zero-order valence-corrected chi connectivity index (χ0v) is 11.3. The van der Waals surface area contributed by atoms with Crippen LogP contribution < -0.4 is 5.43 Å². The molecular formula is C17H18N2. The largest absolute Gasteiger partial charge is 0.279 e. The van der Waals surface area contributed by atoms with Gasteiger partial charge in [0, 0.05) is 0 Å². The van der Waals surface area contributed by atoms with Crippen LogP contribution in [-0.2, 0) is 0 Å². The monoisotopic (exact) mass is 250 g/mol. The molecule has 0 heterocycles. The predicted molar refractivity (Wildman–Crippen MR) is 83.4 cm³/mol. The van der Waals surface area contributed by atoms with Gasteiger partial charge in [-0.2, -0.15) is 5.10 Å². The molecule has 0 aliphatic heterocycles. The Kier molecular flexibility index (Phi) is 4.51. The van der Waals surface area contributed by atoms with E-state index >= 15 is 0 Å². The number of aryl methyl sites for hydroxylation is 1. The van der Waals surface area contributed by atoms with E-state index in [1.54, 1.807) is 0 Å². The topological polar surface area (TPSA) is 24.4 Å². The maximum atomic E-state index is 4.22.